The Morgan fingerprint density at radius 1 is 1.38 bits per heavy atom. The lowest BCUT2D eigenvalue weighted by atomic mass is 9.87. The van der Waals surface area contributed by atoms with Gasteiger partial charge in [0.1, 0.15) is 6.10 Å². The summed E-state index contributed by atoms with van der Waals surface area (Å²) in [6.45, 7) is 4.65. The average Bonchev–Trinajstić information content (AvgIpc) is 2.58. The maximum absolute atomic E-state index is 12.1. The number of nitriles is 1. The van der Waals surface area contributed by atoms with Gasteiger partial charge in [0.2, 0.25) is 5.91 Å². The van der Waals surface area contributed by atoms with E-state index in [-0.39, 0.29) is 25.1 Å². The molecule has 0 bridgehead atoms. The van der Waals surface area contributed by atoms with Crippen LogP contribution in [0.1, 0.15) is 36.7 Å². The number of amides is 2. The van der Waals surface area contributed by atoms with Crippen molar-refractivity contribution in [2.24, 2.45) is 5.41 Å². The minimum atomic E-state index is -1.35. The van der Waals surface area contributed by atoms with Crippen LogP contribution >= 0.6 is 0 Å². The largest absolute Gasteiger partial charge is 0.396 e. The quantitative estimate of drug-likeness (QED) is 0.566. The summed E-state index contributed by atoms with van der Waals surface area (Å²) in [5.41, 5.74) is -0.208. The average molecular weight is 333 g/mol. The zero-order chi connectivity index (χ0) is 18.3. The summed E-state index contributed by atoms with van der Waals surface area (Å²) in [4.78, 5) is 24.0. The second kappa shape index (κ2) is 8.43. The Morgan fingerprint density at radius 2 is 2.04 bits per heavy atom. The molecule has 0 heterocycles. The van der Waals surface area contributed by atoms with E-state index >= 15 is 0 Å². The second-order valence-corrected chi connectivity index (χ2v) is 6.36. The molecule has 0 aliphatic heterocycles. The smallest absolute Gasteiger partial charge is 0.251 e. The Bertz CT molecular complexity index is 637. The maximum atomic E-state index is 12.1. The van der Waals surface area contributed by atoms with Crippen LogP contribution in [0.15, 0.2) is 24.3 Å². The summed E-state index contributed by atoms with van der Waals surface area (Å²) in [5, 5.41) is 33.1. The number of carbonyl (C=O) groups is 2. The number of nitrogens with one attached hydrogen (secondary N) is 2. The second-order valence-electron chi connectivity index (χ2n) is 6.36. The molecule has 0 spiro atoms. The molecule has 2 atom stereocenters. The third-order valence-electron chi connectivity index (χ3n) is 3.61. The molecule has 0 aliphatic rings. The molecular weight excluding hydrogens is 310 g/mol. The number of nitrogens with zero attached hydrogens (tertiary/aromatic N) is 1. The monoisotopic (exact) mass is 333 g/mol. The van der Waals surface area contributed by atoms with Gasteiger partial charge in [-0.05, 0) is 25.1 Å². The highest BCUT2D eigenvalue weighted by molar-refractivity contribution is 5.94. The number of carbonyl (C=O) groups excluding carboxylic acids is 2. The van der Waals surface area contributed by atoms with Crippen LogP contribution in [-0.2, 0) is 4.79 Å². The highest BCUT2D eigenvalue weighted by Gasteiger charge is 2.32. The fourth-order valence-corrected chi connectivity index (χ4v) is 1.88. The van der Waals surface area contributed by atoms with E-state index in [9.17, 15) is 14.7 Å². The predicted molar refractivity (Wildman–Crippen MR) is 88.0 cm³/mol. The van der Waals surface area contributed by atoms with E-state index < -0.39 is 17.4 Å². The molecule has 130 valence electrons. The fourth-order valence-electron chi connectivity index (χ4n) is 1.88. The van der Waals surface area contributed by atoms with Crippen LogP contribution in [0.3, 0.4) is 0 Å². The molecule has 7 heteroatoms. The van der Waals surface area contributed by atoms with E-state index in [1.165, 1.54) is 6.07 Å². The Balaban J connectivity index is 2.54. The predicted octanol–water partition coefficient (Wildman–Crippen LogP) is 0.172. The maximum Gasteiger partial charge on any atom is 0.251 e. The standard InChI is InChI=1S/C17H23N3O4/c1-11(9-19-16(24)14(22)17(2,3)10-21)20-15(23)13-6-4-5-12(7-13)8-18/h4-7,11,14,21-22H,9-10H2,1-3H3,(H,19,24)(H,20,23)/t11?,14-/m0/s1. The van der Waals surface area contributed by atoms with Crippen molar-refractivity contribution < 1.29 is 19.8 Å². The highest BCUT2D eigenvalue weighted by atomic mass is 16.3. The van der Waals surface area contributed by atoms with Crippen molar-refractivity contribution in [3.63, 3.8) is 0 Å². The van der Waals surface area contributed by atoms with Crippen molar-refractivity contribution in [3.05, 3.63) is 35.4 Å². The molecule has 7 nitrogen and oxygen atoms in total. The Morgan fingerprint density at radius 3 is 2.62 bits per heavy atom. The molecule has 0 aliphatic carbocycles. The summed E-state index contributed by atoms with van der Waals surface area (Å²) in [6, 6.07) is 7.88. The zero-order valence-corrected chi connectivity index (χ0v) is 14.0. The van der Waals surface area contributed by atoms with Crippen molar-refractivity contribution in [2.75, 3.05) is 13.2 Å². The van der Waals surface area contributed by atoms with Crippen LogP contribution in [0.4, 0.5) is 0 Å². The third-order valence-corrected chi connectivity index (χ3v) is 3.61. The van der Waals surface area contributed by atoms with E-state index in [0.29, 0.717) is 11.1 Å². The van der Waals surface area contributed by atoms with Crippen LogP contribution in [0.2, 0.25) is 0 Å². The van der Waals surface area contributed by atoms with Gasteiger partial charge in [0.05, 0.1) is 18.2 Å². The summed E-state index contributed by atoms with van der Waals surface area (Å²) in [7, 11) is 0. The molecule has 0 saturated heterocycles. The summed E-state index contributed by atoms with van der Waals surface area (Å²) < 4.78 is 0. The van der Waals surface area contributed by atoms with Gasteiger partial charge in [-0.25, -0.2) is 0 Å². The molecule has 24 heavy (non-hydrogen) atoms. The molecule has 0 radical (unpaired) electrons. The van der Waals surface area contributed by atoms with Gasteiger partial charge in [-0.15, -0.1) is 0 Å². The lowest BCUT2D eigenvalue weighted by Gasteiger charge is -2.27. The Kier molecular flexibility index (Phi) is 6.89. The normalized spacial score (nSPS) is 13.5. The molecule has 4 N–H and O–H groups in total. The van der Waals surface area contributed by atoms with Crippen LogP contribution in [-0.4, -0.2) is 47.3 Å². The van der Waals surface area contributed by atoms with Crippen molar-refractivity contribution in [1.82, 2.24) is 10.6 Å². The van der Waals surface area contributed by atoms with Crippen molar-refractivity contribution in [3.8, 4) is 6.07 Å². The highest BCUT2D eigenvalue weighted by Crippen LogP contribution is 2.19. The van der Waals surface area contributed by atoms with Gasteiger partial charge in [0.15, 0.2) is 0 Å². The minimum absolute atomic E-state index is 0.126. The first-order valence-corrected chi connectivity index (χ1v) is 7.59. The first kappa shape index (κ1) is 19.6. The van der Waals surface area contributed by atoms with Crippen molar-refractivity contribution >= 4 is 11.8 Å². The first-order chi connectivity index (χ1) is 11.2. The SMILES string of the molecule is CC(CNC(=O)[C@H](O)C(C)(C)CO)NC(=O)c1cccc(C#N)c1. The topological polar surface area (TPSA) is 122 Å². The summed E-state index contributed by atoms with van der Waals surface area (Å²) in [6.07, 6.45) is -1.35. The number of aliphatic hydroxyl groups is 2. The van der Waals surface area contributed by atoms with Gasteiger partial charge in [-0.1, -0.05) is 19.9 Å². The van der Waals surface area contributed by atoms with Crippen molar-refractivity contribution in [2.45, 2.75) is 32.9 Å². The van der Waals surface area contributed by atoms with Gasteiger partial charge < -0.3 is 20.8 Å². The number of hydrogen-bond acceptors (Lipinski definition) is 5. The van der Waals surface area contributed by atoms with E-state index in [0.717, 1.165) is 0 Å². The number of hydrogen-bond donors (Lipinski definition) is 4. The molecule has 1 unspecified atom stereocenters. The molecular formula is C17H23N3O4. The Labute approximate surface area is 141 Å². The number of rotatable bonds is 7. The van der Waals surface area contributed by atoms with E-state index in [1.54, 1.807) is 39.0 Å². The van der Waals surface area contributed by atoms with Gasteiger partial charge in [-0.3, -0.25) is 9.59 Å². The van der Waals surface area contributed by atoms with Gasteiger partial charge in [0.25, 0.3) is 5.91 Å². The van der Waals surface area contributed by atoms with E-state index in [2.05, 4.69) is 10.6 Å². The third kappa shape index (κ3) is 5.33. The lowest BCUT2D eigenvalue weighted by molar-refractivity contribution is -0.137. The van der Waals surface area contributed by atoms with Gasteiger partial charge in [0, 0.05) is 23.6 Å². The van der Waals surface area contributed by atoms with Crippen molar-refractivity contribution in [1.29, 1.82) is 5.26 Å². The first-order valence-electron chi connectivity index (χ1n) is 7.59. The molecule has 0 fully saturated rings. The van der Waals surface area contributed by atoms with Crippen LogP contribution in [0, 0.1) is 16.7 Å². The molecule has 1 aromatic rings. The Hall–Kier alpha value is -2.43. The molecule has 1 aromatic carbocycles. The van der Waals surface area contributed by atoms with Crippen LogP contribution in [0.25, 0.3) is 0 Å². The summed E-state index contributed by atoms with van der Waals surface area (Å²) in [5.74, 6) is -0.966. The zero-order valence-electron chi connectivity index (χ0n) is 14.0. The van der Waals surface area contributed by atoms with Crippen LogP contribution in [0.5, 0.6) is 0 Å². The molecule has 2 amide bonds. The van der Waals surface area contributed by atoms with E-state index in [1.807, 2.05) is 6.07 Å². The molecule has 1 rings (SSSR count). The number of benzene rings is 1. The lowest BCUT2D eigenvalue weighted by Crippen LogP contribution is -2.49. The van der Waals surface area contributed by atoms with E-state index in [4.69, 9.17) is 10.4 Å². The molecule has 0 saturated carbocycles. The van der Waals surface area contributed by atoms with Crippen LogP contribution < -0.4 is 10.6 Å². The number of aliphatic hydroxyl groups excluding tert-OH is 2. The molecule has 0 aromatic heterocycles. The fraction of sp³-hybridized carbons (Fsp3) is 0.471. The summed E-state index contributed by atoms with van der Waals surface area (Å²) >= 11 is 0. The van der Waals surface area contributed by atoms with Gasteiger partial charge in [-0.2, -0.15) is 5.26 Å². The minimum Gasteiger partial charge on any atom is -0.396 e. The van der Waals surface area contributed by atoms with Gasteiger partial charge >= 0.3 is 0 Å².